The molecule has 6 nitrogen and oxygen atoms in total. The summed E-state index contributed by atoms with van der Waals surface area (Å²) in [7, 11) is 0. The molecule has 3 aromatic rings. The Hall–Kier alpha value is -2.60. The van der Waals surface area contributed by atoms with Crippen molar-refractivity contribution >= 4 is 0 Å². The van der Waals surface area contributed by atoms with Crippen molar-refractivity contribution in [1.82, 2.24) is 19.6 Å². The molecular formula is C23H30N4O2. The van der Waals surface area contributed by atoms with Crippen molar-refractivity contribution in [3.8, 4) is 5.75 Å². The van der Waals surface area contributed by atoms with E-state index in [0.29, 0.717) is 6.61 Å². The SMILES string of the molecule is Cc1noc(C)c1COc1ccc(CN2CCC(Cn3ccnc3C)CC2)cc1. The summed E-state index contributed by atoms with van der Waals surface area (Å²) in [6.07, 6.45) is 6.48. The zero-order valence-electron chi connectivity index (χ0n) is 17.6. The molecule has 0 radical (unpaired) electrons. The van der Waals surface area contributed by atoms with Crippen molar-refractivity contribution in [2.75, 3.05) is 13.1 Å². The van der Waals surface area contributed by atoms with Gasteiger partial charge in [-0.15, -0.1) is 0 Å². The lowest BCUT2D eigenvalue weighted by atomic mass is 9.96. The van der Waals surface area contributed by atoms with Gasteiger partial charge in [0.15, 0.2) is 0 Å². The number of piperidine rings is 1. The van der Waals surface area contributed by atoms with Gasteiger partial charge < -0.3 is 13.8 Å². The van der Waals surface area contributed by atoms with Gasteiger partial charge in [-0.25, -0.2) is 4.98 Å². The molecule has 0 aliphatic carbocycles. The summed E-state index contributed by atoms with van der Waals surface area (Å²) >= 11 is 0. The van der Waals surface area contributed by atoms with E-state index in [0.717, 1.165) is 60.7 Å². The molecule has 0 saturated carbocycles. The van der Waals surface area contributed by atoms with Crippen molar-refractivity contribution in [2.24, 2.45) is 5.92 Å². The summed E-state index contributed by atoms with van der Waals surface area (Å²) in [6.45, 7) is 10.8. The Morgan fingerprint density at radius 2 is 1.86 bits per heavy atom. The van der Waals surface area contributed by atoms with Gasteiger partial charge in [0.2, 0.25) is 0 Å². The molecular weight excluding hydrogens is 364 g/mol. The molecule has 0 spiro atoms. The van der Waals surface area contributed by atoms with Gasteiger partial charge in [-0.05, 0) is 70.3 Å². The Morgan fingerprint density at radius 1 is 1.10 bits per heavy atom. The summed E-state index contributed by atoms with van der Waals surface area (Å²) in [5, 5.41) is 3.97. The fourth-order valence-corrected chi connectivity index (χ4v) is 4.01. The zero-order valence-corrected chi connectivity index (χ0v) is 17.6. The van der Waals surface area contributed by atoms with Crippen molar-refractivity contribution in [2.45, 2.75) is 53.3 Å². The molecule has 0 atom stereocenters. The standard InChI is InChI=1S/C23H30N4O2/c1-17-23(18(2)29-25-17)16-28-22-6-4-20(5-7-22)14-26-11-8-21(9-12-26)15-27-13-10-24-19(27)3/h4-7,10,13,21H,8-9,11-12,14-16H2,1-3H3. The molecule has 29 heavy (non-hydrogen) atoms. The summed E-state index contributed by atoms with van der Waals surface area (Å²) in [6, 6.07) is 8.46. The highest BCUT2D eigenvalue weighted by atomic mass is 16.5. The predicted octanol–water partition coefficient (Wildman–Crippen LogP) is 4.29. The fraction of sp³-hybridized carbons (Fsp3) is 0.478. The van der Waals surface area contributed by atoms with E-state index >= 15 is 0 Å². The molecule has 1 aliphatic heterocycles. The van der Waals surface area contributed by atoms with Crippen LogP contribution in [0.4, 0.5) is 0 Å². The average Bonchev–Trinajstić information content (AvgIpc) is 3.28. The largest absolute Gasteiger partial charge is 0.489 e. The first-order valence-corrected chi connectivity index (χ1v) is 10.4. The lowest BCUT2D eigenvalue weighted by Crippen LogP contribution is -2.34. The molecule has 1 saturated heterocycles. The van der Waals surface area contributed by atoms with Gasteiger partial charge in [-0.2, -0.15) is 0 Å². The second-order valence-corrected chi connectivity index (χ2v) is 8.08. The number of hydrogen-bond donors (Lipinski definition) is 0. The van der Waals surface area contributed by atoms with Crippen LogP contribution in [0.3, 0.4) is 0 Å². The normalized spacial score (nSPS) is 15.7. The highest BCUT2D eigenvalue weighted by molar-refractivity contribution is 5.28. The lowest BCUT2D eigenvalue weighted by molar-refractivity contribution is 0.166. The number of aryl methyl sites for hydroxylation is 3. The Bertz CT molecular complexity index is 901. The molecule has 1 aromatic carbocycles. The molecule has 1 aliphatic rings. The monoisotopic (exact) mass is 394 g/mol. The number of hydrogen-bond acceptors (Lipinski definition) is 5. The second-order valence-electron chi connectivity index (χ2n) is 8.08. The third-order valence-electron chi connectivity index (χ3n) is 5.98. The highest BCUT2D eigenvalue weighted by Gasteiger charge is 2.20. The molecule has 0 amide bonds. The topological polar surface area (TPSA) is 56.3 Å². The minimum atomic E-state index is 0.490. The summed E-state index contributed by atoms with van der Waals surface area (Å²) in [5.41, 5.74) is 3.26. The maximum absolute atomic E-state index is 5.91. The minimum absolute atomic E-state index is 0.490. The van der Waals surface area contributed by atoms with Crippen molar-refractivity contribution in [3.63, 3.8) is 0 Å². The van der Waals surface area contributed by atoms with Crippen LogP contribution in [0.1, 0.15) is 41.2 Å². The van der Waals surface area contributed by atoms with Gasteiger partial charge in [0.05, 0.1) is 11.3 Å². The molecule has 154 valence electrons. The van der Waals surface area contributed by atoms with Gasteiger partial charge in [-0.3, -0.25) is 4.90 Å². The highest BCUT2D eigenvalue weighted by Crippen LogP contribution is 2.22. The third kappa shape index (κ3) is 4.88. The Balaban J connectivity index is 1.24. The van der Waals surface area contributed by atoms with Crippen LogP contribution in [0, 0.1) is 26.7 Å². The number of nitrogens with zero attached hydrogens (tertiary/aromatic N) is 4. The minimum Gasteiger partial charge on any atom is -0.489 e. The summed E-state index contributed by atoms with van der Waals surface area (Å²) in [4.78, 5) is 6.88. The fourth-order valence-electron chi connectivity index (χ4n) is 4.01. The van der Waals surface area contributed by atoms with Gasteiger partial charge in [-0.1, -0.05) is 17.3 Å². The molecule has 3 heterocycles. The Kier molecular flexibility index (Phi) is 6.00. The van der Waals surface area contributed by atoms with E-state index in [1.165, 1.54) is 18.4 Å². The van der Waals surface area contributed by atoms with Crippen LogP contribution in [-0.4, -0.2) is 32.7 Å². The van der Waals surface area contributed by atoms with E-state index in [4.69, 9.17) is 9.26 Å². The van der Waals surface area contributed by atoms with Crippen LogP contribution >= 0.6 is 0 Å². The van der Waals surface area contributed by atoms with Crippen LogP contribution in [0.25, 0.3) is 0 Å². The summed E-state index contributed by atoms with van der Waals surface area (Å²) in [5.74, 6) is 3.57. The molecule has 1 fully saturated rings. The smallest absolute Gasteiger partial charge is 0.140 e. The molecule has 6 heteroatoms. The molecule has 2 aromatic heterocycles. The number of ether oxygens (including phenoxy) is 1. The first-order valence-electron chi connectivity index (χ1n) is 10.4. The number of likely N-dealkylation sites (tertiary alicyclic amines) is 1. The van der Waals surface area contributed by atoms with Crippen LogP contribution in [0.2, 0.25) is 0 Å². The average molecular weight is 395 g/mol. The van der Waals surface area contributed by atoms with Crippen LogP contribution in [-0.2, 0) is 19.7 Å². The first-order chi connectivity index (χ1) is 14.1. The number of benzene rings is 1. The molecule has 0 bridgehead atoms. The number of rotatable bonds is 7. The molecule has 0 N–H and O–H groups in total. The van der Waals surface area contributed by atoms with Crippen molar-refractivity contribution in [1.29, 1.82) is 0 Å². The quantitative estimate of drug-likeness (QED) is 0.598. The Morgan fingerprint density at radius 3 is 2.48 bits per heavy atom. The van der Waals surface area contributed by atoms with Gasteiger partial charge in [0.1, 0.15) is 23.9 Å². The molecule has 4 rings (SSSR count). The van der Waals surface area contributed by atoms with E-state index in [9.17, 15) is 0 Å². The number of imidazole rings is 1. The van der Waals surface area contributed by atoms with E-state index in [-0.39, 0.29) is 0 Å². The van der Waals surface area contributed by atoms with Crippen molar-refractivity contribution in [3.05, 3.63) is 65.1 Å². The first kappa shape index (κ1) is 19.7. The van der Waals surface area contributed by atoms with Crippen LogP contribution in [0.5, 0.6) is 5.75 Å². The molecule has 0 unspecified atom stereocenters. The number of aromatic nitrogens is 3. The maximum Gasteiger partial charge on any atom is 0.140 e. The summed E-state index contributed by atoms with van der Waals surface area (Å²) < 4.78 is 13.4. The van der Waals surface area contributed by atoms with E-state index < -0.39 is 0 Å². The van der Waals surface area contributed by atoms with Gasteiger partial charge in [0, 0.05) is 25.5 Å². The predicted molar refractivity (Wildman–Crippen MR) is 112 cm³/mol. The zero-order chi connectivity index (χ0) is 20.2. The van der Waals surface area contributed by atoms with Crippen LogP contribution in [0.15, 0.2) is 41.2 Å². The van der Waals surface area contributed by atoms with Crippen LogP contribution < -0.4 is 4.74 Å². The van der Waals surface area contributed by atoms with E-state index in [1.807, 2.05) is 20.0 Å². The van der Waals surface area contributed by atoms with Gasteiger partial charge >= 0.3 is 0 Å². The Labute approximate surface area is 172 Å². The van der Waals surface area contributed by atoms with E-state index in [1.54, 1.807) is 0 Å². The lowest BCUT2D eigenvalue weighted by Gasteiger charge is -2.32. The van der Waals surface area contributed by atoms with E-state index in [2.05, 4.69) is 57.0 Å². The maximum atomic E-state index is 5.91. The van der Waals surface area contributed by atoms with Gasteiger partial charge in [0.25, 0.3) is 0 Å². The van der Waals surface area contributed by atoms with Crippen molar-refractivity contribution < 1.29 is 9.26 Å². The third-order valence-corrected chi connectivity index (χ3v) is 5.98. The second kappa shape index (κ2) is 8.82.